The van der Waals surface area contributed by atoms with Gasteiger partial charge < -0.3 is 0 Å². The van der Waals surface area contributed by atoms with Gasteiger partial charge in [0.1, 0.15) is 5.15 Å². The lowest BCUT2D eigenvalue weighted by molar-refractivity contribution is 1.01. The molecule has 1 aromatic rings. The van der Waals surface area contributed by atoms with Gasteiger partial charge in [-0.15, -0.1) is 23.5 Å². The van der Waals surface area contributed by atoms with Crippen LogP contribution in [0.15, 0.2) is 28.6 Å². The third-order valence-electron chi connectivity index (χ3n) is 2.24. The summed E-state index contributed by atoms with van der Waals surface area (Å²) < 4.78 is 0. The summed E-state index contributed by atoms with van der Waals surface area (Å²) in [5.41, 5.74) is 1.35. The zero-order chi connectivity index (χ0) is 8.84. The lowest BCUT2D eigenvalue weighted by atomic mass is 10.1. The number of hydrogen-bond donors (Lipinski definition) is 0. The molecule has 0 spiro atoms. The van der Waals surface area contributed by atoms with Gasteiger partial charge in [0.15, 0.2) is 0 Å². The molecule has 0 radical (unpaired) electrons. The minimum atomic E-state index is 0.570. The summed E-state index contributed by atoms with van der Waals surface area (Å²) >= 11 is 9.72. The number of halogens is 1. The van der Waals surface area contributed by atoms with Crippen LogP contribution in [0.4, 0.5) is 0 Å². The molecular weight excluding hydrogens is 222 g/mol. The van der Waals surface area contributed by atoms with Gasteiger partial charge in [-0.2, -0.15) is 0 Å². The van der Waals surface area contributed by atoms with Crippen LogP contribution >= 0.6 is 35.1 Å². The van der Waals surface area contributed by atoms with E-state index in [9.17, 15) is 0 Å². The minimum absolute atomic E-state index is 0.570. The first-order valence-corrected chi connectivity index (χ1v) is 6.19. The molecule has 0 aromatic carbocycles. The van der Waals surface area contributed by atoms with Gasteiger partial charge in [-0.1, -0.05) is 17.7 Å². The standard InChI is InChI=1S/C9H6ClNS2/c10-9-8-5(1-3-11-9)7-6(13-8)2-4-12-7/h1-4,6-7H. The molecular formula is C9H6ClNS2. The van der Waals surface area contributed by atoms with Gasteiger partial charge in [0.25, 0.3) is 0 Å². The largest absolute Gasteiger partial charge is 0.243 e. The average Bonchev–Trinajstić information content (AvgIpc) is 2.65. The van der Waals surface area contributed by atoms with E-state index in [1.54, 1.807) is 6.20 Å². The quantitative estimate of drug-likeness (QED) is 0.630. The summed E-state index contributed by atoms with van der Waals surface area (Å²) in [4.78, 5) is 5.27. The van der Waals surface area contributed by atoms with Crippen molar-refractivity contribution in [1.29, 1.82) is 0 Å². The van der Waals surface area contributed by atoms with Gasteiger partial charge in [0, 0.05) is 16.3 Å². The fourth-order valence-corrected chi connectivity index (χ4v) is 4.68. The molecule has 3 heterocycles. The Morgan fingerprint density at radius 1 is 1.46 bits per heavy atom. The van der Waals surface area contributed by atoms with Gasteiger partial charge in [0.2, 0.25) is 0 Å². The van der Waals surface area contributed by atoms with Crippen LogP contribution in [0.2, 0.25) is 5.15 Å². The van der Waals surface area contributed by atoms with Crippen molar-refractivity contribution < 1.29 is 0 Å². The van der Waals surface area contributed by atoms with Crippen LogP contribution in [0.5, 0.6) is 0 Å². The van der Waals surface area contributed by atoms with Crippen molar-refractivity contribution in [2.75, 3.05) is 0 Å². The first-order valence-electron chi connectivity index (χ1n) is 3.99. The first-order chi connectivity index (χ1) is 6.36. The molecule has 2 aliphatic heterocycles. The molecule has 4 heteroatoms. The van der Waals surface area contributed by atoms with Crippen LogP contribution in [0.3, 0.4) is 0 Å². The zero-order valence-corrected chi connectivity index (χ0v) is 8.99. The van der Waals surface area contributed by atoms with Crippen LogP contribution in [0.25, 0.3) is 0 Å². The predicted octanol–water partition coefficient (Wildman–Crippen LogP) is 3.51. The molecule has 0 aliphatic carbocycles. The molecule has 0 bridgehead atoms. The fraction of sp³-hybridized carbons (Fsp3) is 0.222. The highest BCUT2D eigenvalue weighted by atomic mass is 35.5. The molecule has 2 aliphatic rings. The number of fused-ring (bicyclic) bond motifs is 3. The Balaban J connectivity index is 2.14. The number of rotatable bonds is 0. The highest BCUT2D eigenvalue weighted by molar-refractivity contribution is 8.06. The number of thioether (sulfide) groups is 2. The molecule has 3 rings (SSSR count). The van der Waals surface area contributed by atoms with E-state index >= 15 is 0 Å². The third kappa shape index (κ3) is 1.14. The molecule has 0 saturated carbocycles. The lowest BCUT2D eigenvalue weighted by Gasteiger charge is -2.06. The highest BCUT2D eigenvalue weighted by Crippen LogP contribution is 2.56. The second-order valence-electron chi connectivity index (χ2n) is 2.99. The Kier molecular flexibility index (Phi) is 1.86. The number of hydrogen-bond acceptors (Lipinski definition) is 3. The van der Waals surface area contributed by atoms with Crippen LogP contribution < -0.4 is 0 Å². The normalized spacial score (nSPS) is 29.0. The van der Waals surface area contributed by atoms with E-state index < -0.39 is 0 Å². The van der Waals surface area contributed by atoms with Crippen molar-refractivity contribution in [2.24, 2.45) is 0 Å². The van der Waals surface area contributed by atoms with E-state index in [0.29, 0.717) is 15.7 Å². The SMILES string of the molecule is Clc1nccc2c1SC1C=CSC21. The molecule has 0 amide bonds. The number of pyridine rings is 1. The average molecular weight is 228 g/mol. The Labute approximate surface area is 90.0 Å². The van der Waals surface area contributed by atoms with Crippen LogP contribution in [0, 0.1) is 0 Å². The Hall–Kier alpha value is -0.120. The van der Waals surface area contributed by atoms with E-state index in [2.05, 4.69) is 22.5 Å². The van der Waals surface area contributed by atoms with Crippen molar-refractivity contribution in [3.05, 3.63) is 34.5 Å². The molecule has 1 nitrogen and oxygen atoms in total. The highest BCUT2D eigenvalue weighted by Gasteiger charge is 2.36. The second-order valence-corrected chi connectivity index (χ2v) is 5.59. The van der Waals surface area contributed by atoms with Gasteiger partial charge in [-0.05, 0) is 17.0 Å². The lowest BCUT2D eigenvalue weighted by Crippen LogP contribution is -1.96. The Morgan fingerprint density at radius 2 is 2.38 bits per heavy atom. The Morgan fingerprint density at radius 3 is 3.31 bits per heavy atom. The van der Waals surface area contributed by atoms with Crippen LogP contribution in [-0.4, -0.2) is 10.2 Å². The minimum Gasteiger partial charge on any atom is -0.243 e. The van der Waals surface area contributed by atoms with Crippen molar-refractivity contribution in [3.63, 3.8) is 0 Å². The zero-order valence-electron chi connectivity index (χ0n) is 6.61. The van der Waals surface area contributed by atoms with E-state index in [4.69, 9.17) is 11.6 Å². The van der Waals surface area contributed by atoms with Crippen molar-refractivity contribution in [1.82, 2.24) is 4.98 Å². The molecule has 0 N–H and O–H groups in total. The van der Waals surface area contributed by atoms with E-state index in [0.717, 1.165) is 0 Å². The molecule has 2 atom stereocenters. The van der Waals surface area contributed by atoms with Gasteiger partial charge in [-0.3, -0.25) is 0 Å². The summed E-state index contributed by atoms with van der Waals surface area (Å²) in [6.45, 7) is 0. The van der Waals surface area contributed by atoms with E-state index in [1.165, 1.54) is 10.5 Å². The predicted molar refractivity (Wildman–Crippen MR) is 58.4 cm³/mol. The summed E-state index contributed by atoms with van der Waals surface area (Å²) in [5, 5.41) is 3.98. The topological polar surface area (TPSA) is 12.9 Å². The molecule has 13 heavy (non-hydrogen) atoms. The summed E-state index contributed by atoms with van der Waals surface area (Å²) in [5.74, 6) is 0. The van der Waals surface area contributed by atoms with Crippen molar-refractivity contribution in [3.8, 4) is 0 Å². The first kappa shape index (κ1) is 8.21. The second kappa shape index (κ2) is 2.94. The van der Waals surface area contributed by atoms with Crippen LogP contribution in [0.1, 0.15) is 10.8 Å². The summed E-state index contributed by atoms with van der Waals surface area (Å²) in [6.07, 6.45) is 4.04. The van der Waals surface area contributed by atoms with E-state index in [-0.39, 0.29) is 0 Å². The number of nitrogens with zero attached hydrogens (tertiary/aromatic N) is 1. The number of aromatic nitrogens is 1. The maximum Gasteiger partial charge on any atom is 0.142 e. The van der Waals surface area contributed by atoms with E-state index in [1.807, 2.05) is 23.5 Å². The molecule has 1 aromatic heterocycles. The maximum atomic E-state index is 6.02. The van der Waals surface area contributed by atoms with Gasteiger partial charge >= 0.3 is 0 Å². The fourth-order valence-electron chi connectivity index (χ4n) is 1.65. The molecule has 0 fully saturated rings. The van der Waals surface area contributed by atoms with Crippen molar-refractivity contribution >= 4 is 35.1 Å². The molecule has 0 saturated heterocycles. The smallest absolute Gasteiger partial charge is 0.142 e. The Bertz CT molecular complexity index is 391. The molecule has 66 valence electrons. The monoisotopic (exact) mass is 227 g/mol. The van der Waals surface area contributed by atoms with Gasteiger partial charge in [-0.25, -0.2) is 4.98 Å². The van der Waals surface area contributed by atoms with Crippen molar-refractivity contribution in [2.45, 2.75) is 15.4 Å². The van der Waals surface area contributed by atoms with Gasteiger partial charge in [0.05, 0.1) is 5.25 Å². The van der Waals surface area contributed by atoms with Crippen LogP contribution in [-0.2, 0) is 0 Å². The summed E-state index contributed by atoms with van der Waals surface area (Å²) in [6, 6.07) is 2.08. The third-order valence-corrected chi connectivity index (χ3v) is 5.34. The summed E-state index contributed by atoms with van der Waals surface area (Å²) in [7, 11) is 0. The molecule has 2 unspecified atom stereocenters. The maximum absolute atomic E-state index is 6.02.